The molecule has 1 aliphatic rings. The van der Waals surface area contributed by atoms with Crippen LogP contribution in [0.5, 0.6) is 0 Å². The van der Waals surface area contributed by atoms with Gasteiger partial charge in [-0.2, -0.15) is 0 Å². The number of hydrogen-bond acceptors (Lipinski definition) is 5. The van der Waals surface area contributed by atoms with Crippen LogP contribution in [0.4, 0.5) is 0 Å². The summed E-state index contributed by atoms with van der Waals surface area (Å²) in [4.78, 5) is 1.33. The zero-order chi connectivity index (χ0) is 15.5. The van der Waals surface area contributed by atoms with E-state index in [1.807, 2.05) is 13.8 Å². The van der Waals surface area contributed by atoms with E-state index in [1.54, 1.807) is 6.07 Å². The van der Waals surface area contributed by atoms with Crippen LogP contribution in [0.15, 0.2) is 14.7 Å². The lowest BCUT2D eigenvalue weighted by Gasteiger charge is -2.08. The molecule has 0 saturated heterocycles. The number of thiophene rings is 1. The molecule has 1 fully saturated rings. The lowest BCUT2D eigenvalue weighted by atomic mass is 10.4. The summed E-state index contributed by atoms with van der Waals surface area (Å²) in [6.07, 6.45) is 2.53. The number of nitrogens with one attached hydrogen (secondary N) is 2. The number of sulfonamides is 1. The highest BCUT2D eigenvalue weighted by Gasteiger charge is 2.23. The van der Waals surface area contributed by atoms with Gasteiger partial charge in [0.05, 0.1) is 16.5 Å². The minimum absolute atomic E-state index is 0.0995. The summed E-state index contributed by atoms with van der Waals surface area (Å²) in [5.41, 5.74) is 0. The maximum Gasteiger partial charge on any atom is 0.242 e. The molecule has 0 unspecified atom stereocenters. The molecule has 0 bridgehead atoms. The first-order valence-electron chi connectivity index (χ1n) is 7.01. The molecule has 0 amide bonds. The summed E-state index contributed by atoms with van der Waals surface area (Å²) in [6.45, 7) is 5.21. The molecule has 1 aromatic heterocycles. The van der Waals surface area contributed by atoms with Gasteiger partial charge in [0.2, 0.25) is 10.0 Å². The van der Waals surface area contributed by atoms with Gasteiger partial charge in [-0.15, -0.1) is 11.3 Å². The van der Waals surface area contributed by atoms with Crippen molar-refractivity contribution < 1.29 is 13.2 Å². The highest BCUT2D eigenvalue weighted by atomic mass is 79.9. The third-order valence-corrected chi connectivity index (χ3v) is 6.70. The Balaban J connectivity index is 1.91. The predicted octanol–water partition coefficient (Wildman–Crippen LogP) is 2.47. The highest BCUT2D eigenvalue weighted by Crippen LogP contribution is 2.32. The Bertz CT molecular complexity index is 568. The molecule has 1 heterocycles. The van der Waals surface area contributed by atoms with Crippen molar-refractivity contribution in [1.82, 2.24) is 10.0 Å². The Morgan fingerprint density at radius 3 is 2.81 bits per heavy atom. The van der Waals surface area contributed by atoms with Gasteiger partial charge >= 0.3 is 0 Å². The fourth-order valence-corrected chi connectivity index (χ4v) is 5.39. The normalized spacial score (nSPS) is 15.8. The van der Waals surface area contributed by atoms with Crippen molar-refractivity contribution >= 4 is 37.3 Å². The van der Waals surface area contributed by atoms with Gasteiger partial charge in [-0.25, -0.2) is 13.1 Å². The van der Waals surface area contributed by atoms with Crippen molar-refractivity contribution in [3.63, 3.8) is 0 Å². The Hall–Kier alpha value is 0.01000. The molecule has 0 spiro atoms. The second-order valence-electron chi connectivity index (χ2n) is 5.32. The molecule has 0 atom stereocenters. The summed E-state index contributed by atoms with van der Waals surface area (Å²) >= 11 is 4.81. The van der Waals surface area contributed by atoms with Gasteiger partial charge < -0.3 is 10.1 Å². The number of ether oxygens (including phenoxy) is 1. The average Bonchev–Trinajstić information content (AvgIpc) is 3.14. The fourth-order valence-electron chi connectivity index (χ4n) is 1.75. The van der Waals surface area contributed by atoms with Crippen molar-refractivity contribution in [2.45, 2.75) is 50.3 Å². The van der Waals surface area contributed by atoms with E-state index in [1.165, 1.54) is 24.2 Å². The fraction of sp³-hybridized carbons (Fsp3) is 0.692. The second-order valence-corrected chi connectivity index (χ2v) is 9.51. The van der Waals surface area contributed by atoms with Crippen molar-refractivity contribution in [3.05, 3.63) is 14.7 Å². The van der Waals surface area contributed by atoms with Crippen LogP contribution in [0.25, 0.3) is 0 Å². The molecule has 1 saturated carbocycles. The molecule has 1 aliphatic carbocycles. The van der Waals surface area contributed by atoms with Crippen LogP contribution in [-0.2, 0) is 21.3 Å². The Morgan fingerprint density at radius 1 is 1.48 bits per heavy atom. The molecule has 5 nitrogen and oxygen atoms in total. The van der Waals surface area contributed by atoms with Crippen molar-refractivity contribution in [1.29, 1.82) is 0 Å². The summed E-state index contributed by atoms with van der Waals surface area (Å²) in [5, 5.41) is 3.38. The number of rotatable bonds is 9. The van der Waals surface area contributed by atoms with Crippen LogP contribution < -0.4 is 10.0 Å². The molecule has 0 aromatic carbocycles. The van der Waals surface area contributed by atoms with Gasteiger partial charge in [0.25, 0.3) is 0 Å². The first kappa shape index (κ1) is 17.4. The van der Waals surface area contributed by atoms with E-state index in [2.05, 4.69) is 26.0 Å². The highest BCUT2D eigenvalue weighted by molar-refractivity contribution is 9.11. The summed E-state index contributed by atoms with van der Waals surface area (Å²) < 4.78 is 33.0. The second kappa shape index (κ2) is 7.52. The zero-order valence-electron chi connectivity index (χ0n) is 12.2. The zero-order valence-corrected chi connectivity index (χ0v) is 15.4. The molecule has 21 heavy (non-hydrogen) atoms. The lowest BCUT2D eigenvalue weighted by Crippen LogP contribution is -2.28. The maximum absolute atomic E-state index is 12.3. The van der Waals surface area contributed by atoms with Crippen LogP contribution in [0.1, 0.15) is 31.6 Å². The average molecular weight is 397 g/mol. The largest absolute Gasteiger partial charge is 0.377 e. The van der Waals surface area contributed by atoms with Crippen molar-refractivity contribution in [2.24, 2.45) is 0 Å². The summed E-state index contributed by atoms with van der Waals surface area (Å²) in [7, 11) is -3.49. The van der Waals surface area contributed by atoms with Crippen molar-refractivity contribution in [2.75, 3.05) is 13.2 Å². The molecular formula is C13H21BrN2O3S2. The molecule has 2 N–H and O–H groups in total. The Labute approximate surface area is 138 Å². The van der Waals surface area contributed by atoms with Gasteiger partial charge in [-0.3, -0.25) is 0 Å². The van der Waals surface area contributed by atoms with Crippen molar-refractivity contribution in [3.8, 4) is 0 Å². The van der Waals surface area contributed by atoms with E-state index < -0.39 is 10.0 Å². The first-order chi connectivity index (χ1) is 9.88. The van der Waals surface area contributed by atoms with Gasteiger partial charge in [-0.05, 0) is 48.7 Å². The smallest absolute Gasteiger partial charge is 0.242 e. The topological polar surface area (TPSA) is 67.4 Å². The van der Waals surface area contributed by atoms with E-state index in [9.17, 15) is 8.42 Å². The SMILES string of the molecule is CC(C)OCCNS(=O)(=O)c1cc(CNC2CC2)sc1Br. The van der Waals surface area contributed by atoms with Crippen LogP contribution >= 0.6 is 27.3 Å². The van der Waals surface area contributed by atoms with Crippen LogP contribution in [0.3, 0.4) is 0 Å². The predicted molar refractivity (Wildman–Crippen MR) is 88.2 cm³/mol. The first-order valence-corrected chi connectivity index (χ1v) is 10.1. The molecule has 2 rings (SSSR count). The third kappa shape index (κ3) is 5.61. The van der Waals surface area contributed by atoms with Gasteiger partial charge in [0.15, 0.2) is 0 Å². The Morgan fingerprint density at radius 2 is 2.19 bits per heavy atom. The number of halogens is 1. The third-order valence-electron chi connectivity index (χ3n) is 2.98. The minimum Gasteiger partial charge on any atom is -0.377 e. The molecule has 0 aliphatic heterocycles. The van der Waals surface area contributed by atoms with Gasteiger partial charge in [-0.1, -0.05) is 0 Å². The number of hydrogen-bond donors (Lipinski definition) is 2. The van der Waals surface area contributed by atoms with E-state index in [4.69, 9.17) is 4.74 Å². The molecule has 1 aromatic rings. The Kier molecular flexibility index (Phi) is 6.22. The monoisotopic (exact) mass is 396 g/mol. The van der Waals surface area contributed by atoms with E-state index >= 15 is 0 Å². The summed E-state index contributed by atoms with van der Waals surface area (Å²) in [6, 6.07) is 2.34. The van der Waals surface area contributed by atoms with Crippen LogP contribution in [-0.4, -0.2) is 33.7 Å². The molecule has 120 valence electrons. The minimum atomic E-state index is -3.49. The quantitative estimate of drug-likeness (QED) is 0.629. The van der Waals surface area contributed by atoms with E-state index in [0.717, 1.165) is 11.4 Å². The maximum atomic E-state index is 12.3. The van der Waals surface area contributed by atoms with Gasteiger partial charge in [0.1, 0.15) is 4.90 Å². The van der Waals surface area contributed by atoms with Crippen LogP contribution in [0, 0.1) is 0 Å². The molecule has 0 radical (unpaired) electrons. The standard InChI is InChI=1S/C13H21BrN2O3S2/c1-9(2)19-6-5-16-21(17,18)12-7-11(20-13(12)14)8-15-10-3-4-10/h7,9-10,15-16H,3-6,8H2,1-2H3. The van der Waals surface area contributed by atoms with E-state index in [-0.39, 0.29) is 12.6 Å². The van der Waals surface area contributed by atoms with Crippen LogP contribution in [0.2, 0.25) is 0 Å². The molecular weight excluding hydrogens is 376 g/mol. The van der Waals surface area contributed by atoms with Gasteiger partial charge in [0, 0.05) is 24.0 Å². The molecule has 8 heteroatoms. The summed E-state index contributed by atoms with van der Waals surface area (Å²) in [5.74, 6) is 0. The lowest BCUT2D eigenvalue weighted by molar-refractivity contribution is 0.0834. The van der Waals surface area contributed by atoms with E-state index in [0.29, 0.717) is 21.3 Å².